The van der Waals surface area contributed by atoms with Gasteiger partial charge < -0.3 is 14.6 Å². The van der Waals surface area contributed by atoms with Gasteiger partial charge in [-0.05, 0) is 31.2 Å². The number of hydrogen-bond donors (Lipinski definition) is 5. The van der Waals surface area contributed by atoms with Crippen LogP contribution < -0.4 is 32.0 Å². The van der Waals surface area contributed by atoms with Crippen LogP contribution in [0.3, 0.4) is 0 Å². The zero-order valence-electron chi connectivity index (χ0n) is 18.6. The van der Waals surface area contributed by atoms with E-state index in [-0.39, 0.29) is 17.1 Å². The molecule has 5 N–H and O–H groups in total. The molecule has 0 saturated carbocycles. The second kappa shape index (κ2) is 9.31. The van der Waals surface area contributed by atoms with Crippen molar-refractivity contribution in [1.29, 1.82) is 0 Å². The first kappa shape index (κ1) is 22.2. The normalized spacial score (nSPS) is 14.1. The highest BCUT2D eigenvalue weighted by Gasteiger charge is 2.20. The molecule has 1 aliphatic rings. The smallest absolute Gasteiger partial charge is 0.147 e. The molecule has 3 heterocycles. The third-order valence-electron chi connectivity index (χ3n) is 5.81. The van der Waals surface area contributed by atoms with Crippen LogP contribution in [-0.4, -0.2) is 28.2 Å². The average Bonchev–Trinajstić information content (AvgIpc) is 3.50. The van der Waals surface area contributed by atoms with Crippen molar-refractivity contribution in [1.82, 2.24) is 36.5 Å². The molecule has 0 radical (unpaired) electrons. The number of nitrogens with one attached hydrogen (secondary N) is 5. The van der Waals surface area contributed by atoms with Gasteiger partial charge >= 0.3 is 0 Å². The van der Waals surface area contributed by atoms with Crippen molar-refractivity contribution >= 4 is 16.7 Å². The summed E-state index contributed by atoms with van der Waals surface area (Å²) in [5, 5.41) is 3.53. The molecule has 11 heteroatoms. The number of aromatic nitrogens is 3. The molecule has 2 aromatic heterocycles. The highest BCUT2D eigenvalue weighted by atomic mass is 19.1. The summed E-state index contributed by atoms with van der Waals surface area (Å²) < 4.78 is 35.8. The van der Waals surface area contributed by atoms with Crippen LogP contribution in [0.15, 0.2) is 48.8 Å². The number of hydrogen-bond acceptors (Lipinski definition) is 8. The molecule has 5 rings (SSSR count). The molecule has 0 aliphatic carbocycles. The number of nitrogens with zero attached hydrogens (tertiary/aromatic N) is 3. The first-order valence-electron chi connectivity index (χ1n) is 10.7. The molecule has 4 aromatic rings. The van der Waals surface area contributed by atoms with Crippen molar-refractivity contribution in [2.75, 3.05) is 19.0 Å². The van der Waals surface area contributed by atoms with Gasteiger partial charge in [0.15, 0.2) is 0 Å². The summed E-state index contributed by atoms with van der Waals surface area (Å²) >= 11 is 0. The number of fused-ring (bicyclic) bond motifs is 1. The number of methoxy groups -OCH3 is 1. The second-order valence-corrected chi connectivity index (χ2v) is 7.87. The summed E-state index contributed by atoms with van der Waals surface area (Å²) in [6.07, 6.45) is 1.33. The van der Waals surface area contributed by atoms with Crippen LogP contribution in [0.25, 0.3) is 22.2 Å². The fraction of sp³-hybridized carbons (Fsp3) is 0.217. The van der Waals surface area contributed by atoms with E-state index >= 15 is 0 Å². The number of anilines is 1. The summed E-state index contributed by atoms with van der Waals surface area (Å²) in [5.74, 6) is 0.451. The fourth-order valence-corrected chi connectivity index (χ4v) is 4.14. The molecule has 0 amide bonds. The fourth-order valence-electron chi connectivity index (χ4n) is 4.14. The van der Waals surface area contributed by atoms with Crippen molar-refractivity contribution in [2.45, 2.75) is 19.6 Å². The Balaban J connectivity index is 1.32. The van der Waals surface area contributed by atoms with E-state index in [1.165, 1.54) is 6.33 Å². The van der Waals surface area contributed by atoms with Gasteiger partial charge in [0.25, 0.3) is 0 Å². The van der Waals surface area contributed by atoms with E-state index in [9.17, 15) is 8.78 Å². The minimum absolute atomic E-state index is 0.154. The monoisotopic (exact) mass is 466 g/mol. The third kappa shape index (κ3) is 4.17. The topological polar surface area (TPSA) is 100 Å². The number of rotatable bonds is 7. The summed E-state index contributed by atoms with van der Waals surface area (Å²) in [5.41, 5.74) is 15.2. The van der Waals surface area contributed by atoms with Crippen LogP contribution in [0.1, 0.15) is 17.4 Å². The van der Waals surface area contributed by atoms with Crippen LogP contribution in [0.5, 0.6) is 5.75 Å². The van der Waals surface area contributed by atoms with E-state index in [1.807, 2.05) is 31.2 Å². The number of halogens is 2. The Bertz CT molecular complexity index is 1340. The van der Waals surface area contributed by atoms with Gasteiger partial charge in [-0.25, -0.2) is 29.6 Å². The number of hydrazine groups is 3. The van der Waals surface area contributed by atoms with E-state index in [4.69, 9.17) is 4.74 Å². The van der Waals surface area contributed by atoms with Crippen molar-refractivity contribution < 1.29 is 13.5 Å². The summed E-state index contributed by atoms with van der Waals surface area (Å²) in [6, 6.07) is 11.6. The number of ether oxygens (including phenoxy) is 1. The van der Waals surface area contributed by atoms with E-state index < -0.39 is 11.6 Å². The molecular weight excluding hydrogens is 442 g/mol. The molecular formula is C23H24F2N8O. The van der Waals surface area contributed by atoms with Crippen molar-refractivity contribution in [2.24, 2.45) is 0 Å². The average molecular weight is 466 g/mol. The summed E-state index contributed by atoms with van der Waals surface area (Å²) in [4.78, 5) is 8.68. The Labute approximate surface area is 194 Å². The third-order valence-corrected chi connectivity index (χ3v) is 5.81. The van der Waals surface area contributed by atoms with Crippen molar-refractivity contribution in [3.63, 3.8) is 0 Å². The summed E-state index contributed by atoms with van der Waals surface area (Å²) in [7, 11) is 1.62. The van der Waals surface area contributed by atoms with Crippen LogP contribution in [0.2, 0.25) is 0 Å². The van der Waals surface area contributed by atoms with Gasteiger partial charge in [-0.1, -0.05) is 12.1 Å². The lowest BCUT2D eigenvalue weighted by molar-refractivity contribution is 0.398. The van der Waals surface area contributed by atoms with E-state index in [0.717, 1.165) is 34.6 Å². The van der Waals surface area contributed by atoms with Gasteiger partial charge in [0, 0.05) is 41.4 Å². The Morgan fingerprint density at radius 1 is 1.03 bits per heavy atom. The molecule has 0 unspecified atom stereocenters. The first-order chi connectivity index (χ1) is 16.5. The van der Waals surface area contributed by atoms with Gasteiger partial charge in [0.1, 0.15) is 35.7 Å². The van der Waals surface area contributed by atoms with Crippen LogP contribution in [0.4, 0.5) is 14.6 Å². The Hall–Kier alpha value is -3.64. The van der Waals surface area contributed by atoms with Gasteiger partial charge in [0.05, 0.1) is 18.3 Å². The molecule has 9 nitrogen and oxygen atoms in total. The zero-order valence-corrected chi connectivity index (χ0v) is 18.6. The number of aryl methyl sites for hydroxylation is 1. The molecule has 0 atom stereocenters. The van der Waals surface area contributed by atoms with Crippen LogP contribution >= 0.6 is 0 Å². The van der Waals surface area contributed by atoms with E-state index in [2.05, 4.69) is 37.2 Å². The maximum Gasteiger partial charge on any atom is 0.147 e. The zero-order chi connectivity index (χ0) is 23.7. The molecule has 2 aromatic carbocycles. The van der Waals surface area contributed by atoms with Crippen molar-refractivity contribution in [3.05, 3.63) is 71.7 Å². The van der Waals surface area contributed by atoms with Gasteiger partial charge in [-0.2, -0.15) is 11.1 Å². The maximum absolute atomic E-state index is 14.4. The lowest BCUT2D eigenvalue weighted by Gasteiger charge is -2.15. The molecule has 176 valence electrons. The second-order valence-electron chi connectivity index (χ2n) is 7.87. The largest absolute Gasteiger partial charge is 0.496 e. The standard InChI is InChI=1S/C23H24F2N8O/c1-13-9-16-17(24)5-6-18(25)22(16)33(13)8-7-26-21-11-19(27-12-28-21)14-3-4-15(20(10-14)34-2)23-29-31-32-30-23/h3-6,9-12,23,29-32H,7-8H2,1-2H3,(H,26,27,28). The summed E-state index contributed by atoms with van der Waals surface area (Å²) in [6.45, 7) is 2.75. The van der Waals surface area contributed by atoms with Crippen molar-refractivity contribution in [3.8, 4) is 17.0 Å². The molecule has 0 spiro atoms. The highest BCUT2D eigenvalue weighted by molar-refractivity contribution is 5.82. The molecule has 1 aliphatic heterocycles. The Morgan fingerprint density at radius 2 is 1.82 bits per heavy atom. The molecule has 1 fully saturated rings. The lowest BCUT2D eigenvalue weighted by atomic mass is 10.1. The van der Waals surface area contributed by atoms with Gasteiger partial charge in [-0.3, -0.25) is 0 Å². The molecule has 0 bridgehead atoms. The molecule has 34 heavy (non-hydrogen) atoms. The SMILES string of the molecule is COc1cc(-c2cc(NCCn3c(C)cc4c(F)ccc(F)c43)ncn2)ccc1C1NNNN1. The predicted octanol–water partition coefficient (Wildman–Crippen LogP) is 2.92. The van der Waals surface area contributed by atoms with E-state index in [1.54, 1.807) is 17.7 Å². The van der Waals surface area contributed by atoms with Gasteiger partial charge in [-0.15, -0.1) is 0 Å². The quantitative estimate of drug-likeness (QED) is 0.284. The van der Waals surface area contributed by atoms with E-state index in [0.29, 0.717) is 24.7 Å². The minimum atomic E-state index is -0.444. The Morgan fingerprint density at radius 3 is 2.62 bits per heavy atom. The first-order valence-corrected chi connectivity index (χ1v) is 10.7. The molecule has 1 saturated heterocycles. The predicted molar refractivity (Wildman–Crippen MR) is 124 cm³/mol. The lowest BCUT2D eigenvalue weighted by Crippen LogP contribution is -2.33. The van der Waals surface area contributed by atoms with Crippen LogP contribution in [-0.2, 0) is 6.54 Å². The van der Waals surface area contributed by atoms with Crippen LogP contribution in [0, 0.1) is 18.6 Å². The van der Waals surface area contributed by atoms with Gasteiger partial charge in [0.2, 0.25) is 0 Å². The Kier molecular flexibility index (Phi) is 6.07. The maximum atomic E-state index is 14.4. The minimum Gasteiger partial charge on any atom is -0.496 e. The highest BCUT2D eigenvalue weighted by Crippen LogP contribution is 2.30. The number of benzene rings is 2.